The Labute approximate surface area is 327 Å². The highest BCUT2D eigenvalue weighted by atomic mass is 16.5. The smallest absolute Gasteiger partial charge is 0.160 e. The standard InChI is InChI=1S/C53H36N2O/c1-4-17-37(18-5-1)38-31-33-39(34-32-38)48-36-49(55-52(54-48)40-19-6-2-7-20-40)42-22-16-21-41(35-42)44-25-10-11-26-45(44)53(43-23-8-3-9-24-43)46-27-12-14-29-50(46)56-51-30-15-13-28-47(51)53/h1-36H. The molecule has 0 atom stereocenters. The molecular weight excluding hydrogens is 681 g/mol. The van der Waals surface area contributed by atoms with Crippen LogP contribution in [-0.2, 0) is 5.41 Å². The van der Waals surface area contributed by atoms with Crippen molar-refractivity contribution in [2.24, 2.45) is 0 Å². The molecule has 1 aromatic heterocycles. The number of aromatic nitrogens is 2. The maximum absolute atomic E-state index is 6.61. The highest BCUT2D eigenvalue weighted by molar-refractivity contribution is 5.81. The molecule has 56 heavy (non-hydrogen) atoms. The number of fused-ring (bicyclic) bond motifs is 2. The van der Waals surface area contributed by atoms with Crippen LogP contribution < -0.4 is 4.74 Å². The van der Waals surface area contributed by atoms with Crippen LogP contribution >= 0.6 is 0 Å². The van der Waals surface area contributed by atoms with Gasteiger partial charge in [-0.2, -0.15) is 0 Å². The average molecular weight is 717 g/mol. The van der Waals surface area contributed by atoms with Crippen LogP contribution in [0.2, 0.25) is 0 Å². The molecule has 264 valence electrons. The van der Waals surface area contributed by atoms with Crippen molar-refractivity contribution in [3.05, 3.63) is 241 Å². The first-order valence-electron chi connectivity index (χ1n) is 19.0. The molecule has 0 spiro atoms. The lowest BCUT2D eigenvalue weighted by atomic mass is 9.62. The summed E-state index contributed by atoms with van der Waals surface area (Å²) in [6.07, 6.45) is 0. The van der Waals surface area contributed by atoms with Crippen molar-refractivity contribution in [3.8, 4) is 67.7 Å². The summed E-state index contributed by atoms with van der Waals surface area (Å²) < 4.78 is 6.61. The van der Waals surface area contributed by atoms with Gasteiger partial charge in [-0.15, -0.1) is 0 Å². The van der Waals surface area contributed by atoms with Crippen LogP contribution in [0.25, 0.3) is 56.2 Å². The third-order valence-corrected chi connectivity index (χ3v) is 10.9. The van der Waals surface area contributed by atoms with Gasteiger partial charge in [0, 0.05) is 27.8 Å². The molecule has 2 heterocycles. The van der Waals surface area contributed by atoms with Crippen LogP contribution in [0.1, 0.15) is 22.3 Å². The summed E-state index contributed by atoms with van der Waals surface area (Å²) >= 11 is 0. The van der Waals surface area contributed by atoms with Gasteiger partial charge in [-0.05, 0) is 57.6 Å². The summed E-state index contributed by atoms with van der Waals surface area (Å²) in [4.78, 5) is 10.3. The van der Waals surface area contributed by atoms with Crippen molar-refractivity contribution in [2.45, 2.75) is 5.41 Å². The molecule has 0 aliphatic carbocycles. The maximum Gasteiger partial charge on any atom is 0.160 e. The Morgan fingerprint density at radius 3 is 1.45 bits per heavy atom. The monoisotopic (exact) mass is 716 g/mol. The molecule has 0 fully saturated rings. The van der Waals surface area contributed by atoms with E-state index in [1.165, 1.54) is 22.3 Å². The van der Waals surface area contributed by atoms with E-state index in [4.69, 9.17) is 14.7 Å². The molecule has 0 saturated heterocycles. The van der Waals surface area contributed by atoms with Crippen molar-refractivity contribution in [3.63, 3.8) is 0 Å². The van der Waals surface area contributed by atoms with Gasteiger partial charge in [0.1, 0.15) is 11.5 Å². The zero-order valence-electron chi connectivity index (χ0n) is 30.6. The predicted octanol–water partition coefficient (Wildman–Crippen LogP) is 13.3. The van der Waals surface area contributed by atoms with Gasteiger partial charge >= 0.3 is 0 Å². The van der Waals surface area contributed by atoms with Crippen molar-refractivity contribution in [2.75, 3.05) is 0 Å². The first kappa shape index (κ1) is 33.2. The summed E-state index contributed by atoms with van der Waals surface area (Å²) in [5.74, 6) is 2.41. The topological polar surface area (TPSA) is 35.0 Å². The first-order chi connectivity index (χ1) is 27.8. The second kappa shape index (κ2) is 14.1. The van der Waals surface area contributed by atoms with E-state index in [-0.39, 0.29) is 0 Å². The van der Waals surface area contributed by atoms with Crippen LogP contribution in [-0.4, -0.2) is 9.97 Å². The van der Waals surface area contributed by atoms with Crippen molar-refractivity contribution in [1.29, 1.82) is 0 Å². The molecule has 1 aliphatic rings. The lowest BCUT2D eigenvalue weighted by Gasteiger charge is -2.42. The van der Waals surface area contributed by atoms with E-state index in [0.717, 1.165) is 61.8 Å². The minimum atomic E-state index is -0.645. The molecule has 0 radical (unpaired) electrons. The Morgan fingerprint density at radius 1 is 0.321 bits per heavy atom. The Bertz CT molecular complexity index is 2770. The molecule has 3 heteroatoms. The Morgan fingerprint density at radius 2 is 0.786 bits per heavy atom. The molecule has 8 aromatic carbocycles. The molecular formula is C53H36N2O. The Kier molecular flexibility index (Phi) is 8.38. The Hall–Kier alpha value is -7.36. The molecule has 0 N–H and O–H groups in total. The van der Waals surface area contributed by atoms with Gasteiger partial charge in [-0.25, -0.2) is 9.97 Å². The number of benzene rings is 8. The van der Waals surface area contributed by atoms with Crippen LogP contribution in [0.4, 0.5) is 0 Å². The fourth-order valence-electron chi connectivity index (χ4n) is 8.27. The number of nitrogens with zero attached hydrogens (tertiary/aromatic N) is 2. The van der Waals surface area contributed by atoms with E-state index in [9.17, 15) is 0 Å². The summed E-state index contributed by atoms with van der Waals surface area (Å²) in [5.41, 5.74) is 13.3. The van der Waals surface area contributed by atoms with Gasteiger partial charge in [-0.1, -0.05) is 194 Å². The molecule has 10 rings (SSSR count). The van der Waals surface area contributed by atoms with Gasteiger partial charge in [0.25, 0.3) is 0 Å². The molecule has 0 unspecified atom stereocenters. The Balaban J connectivity index is 1.15. The zero-order chi connectivity index (χ0) is 37.3. The van der Waals surface area contributed by atoms with Gasteiger partial charge in [0.05, 0.1) is 16.8 Å². The highest BCUT2D eigenvalue weighted by Gasteiger charge is 2.46. The van der Waals surface area contributed by atoms with Crippen molar-refractivity contribution < 1.29 is 4.74 Å². The number of ether oxygens (including phenoxy) is 1. The van der Waals surface area contributed by atoms with Gasteiger partial charge < -0.3 is 4.74 Å². The first-order valence-corrected chi connectivity index (χ1v) is 19.0. The molecule has 3 nitrogen and oxygen atoms in total. The van der Waals surface area contributed by atoms with E-state index < -0.39 is 5.41 Å². The van der Waals surface area contributed by atoms with Crippen molar-refractivity contribution >= 4 is 0 Å². The van der Waals surface area contributed by atoms with E-state index in [1.54, 1.807) is 0 Å². The van der Waals surface area contributed by atoms with Gasteiger partial charge in [0.15, 0.2) is 5.82 Å². The van der Waals surface area contributed by atoms with E-state index in [2.05, 4.69) is 194 Å². The number of hydrogen-bond acceptors (Lipinski definition) is 3. The number of rotatable bonds is 7. The molecule has 0 amide bonds. The molecule has 0 bridgehead atoms. The fourth-order valence-corrected chi connectivity index (χ4v) is 8.27. The predicted molar refractivity (Wildman–Crippen MR) is 228 cm³/mol. The number of para-hydroxylation sites is 2. The normalized spacial score (nSPS) is 12.6. The lowest BCUT2D eigenvalue weighted by molar-refractivity contribution is 0.434. The SMILES string of the molecule is c1ccc(-c2ccc(-c3cc(-c4cccc(-c5ccccc5C5(c6ccccc6)c6ccccc6Oc6ccccc65)c4)nc(-c4ccccc4)n3)cc2)cc1. The van der Waals surface area contributed by atoms with Gasteiger partial charge in [0.2, 0.25) is 0 Å². The molecule has 9 aromatic rings. The highest BCUT2D eigenvalue weighted by Crippen LogP contribution is 2.56. The fraction of sp³-hybridized carbons (Fsp3) is 0.0189. The summed E-state index contributed by atoms with van der Waals surface area (Å²) in [5, 5.41) is 0. The summed E-state index contributed by atoms with van der Waals surface area (Å²) in [6, 6.07) is 76.8. The third-order valence-electron chi connectivity index (χ3n) is 10.9. The zero-order valence-corrected chi connectivity index (χ0v) is 30.6. The van der Waals surface area contributed by atoms with E-state index >= 15 is 0 Å². The van der Waals surface area contributed by atoms with E-state index in [0.29, 0.717) is 5.82 Å². The van der Waals surface area contributed by atoms with Crippen LogP contribution in [0, 0.1) is 0 Å². The number of hydrogen-bond donors (Lipinski definition) is 0. The third kappa shape index (κ3) is 5.78. The minimum Gasteiger partial charge on any atom is -0.457 e. The quantitative estimate of drug-likeness (QED) is 0.165. The lowest BCUT2D eigenvalue weighted by Crippen LogP contribution is -2.34. The second-order valence-electron chi connectivity index (χ2n) is 14.1. The van der Waals surface area contributed by atoms with Crippen LogP contribution in [0.5, 0.6) is 11.5 Å². The second-order valence-corrected chi connectivity index (χ2v) is 14.1. The van der Waals surface area contributed by atoms with E-state index in [1.807, 2.05) is 24.3 Å². The molecule has 1 aliphatic heterocycles. The van der Waals surface area contributed by atoms with Crippen LogP contribution in [0.15, 0.2) is 218 Å². The maximum atomic E-state index is 6.61. The average Bonchev–Trinajstić information content (AvgIpc) is 3.29. The van der Waals surface area contributed by atoms with Crippen molar-refractivity contribution in [1.82, 2.24) is 9.97 Å². The minimum absolute atomic E-state index is 0.645. The summed E-state index contributed by atoms with van der Waals surface area (Å²) in [6.45, 7) is 0. The largest absolute Gasteiger partial charge is 0.457 e. The molecule has 0 saturated carbocycles. The summed E-state index contributed by atoms with van der Waals surface area (Å²) in [7, 11) is 0. The van der Waals surface area contributed by atoms with Gasteiger partial charge in [-0.3, -0.25) is 0 Å². The van der Waals surface area contributed by atoms with Crippen LogP contribution in [0.3, 0.4) is 0 Å².